The van der Waals surface area contributed by atoms with Crippen molar-refractivity contribution in [1.29, 1.82) is 0 Å². The lowest BCUT2D eigenvalue weighted by atomic mass is 10.1. The highest BCUT2D eigenvalue weighted by atomic mass is 32.1. The maximum absolute atomic E-state index is 11.7. The van der Waals surface area contributed by atoms with Gasteiger partial charge in [-0.25, -0.2) is 9.97 Å². The number of thiophene rings is 1. The van der Waals surface area contributed by atoms with Crippen LogP contribution in [-0.2, 0) is 0 Å². The average molecular weight is 288 g/mol. The normalized spacial score (nSPS) is 21.4. The Kier molecular flexibility index (Phi) is 2.51. The molecule has 0 spiro atoms. The van der Waals surface area contributed by atoms with Gasteiger partial charge in [0.1, 0.15) is 0 Å². The molecule has 0 saturated carbocycles. The Balaban J connectivity index is 1.90. The van der Waals surface area contributed by atoms with Crippen LogP contribution in [0.5, 0.6) is 0 Å². The number of aliphatic hydroxyl groups excluding tert-OH is 1. The van der Waals surface area contributed by atoms with Gasteiger partial charge in [0.05, 0.1) is 25.3 Å². The first kappa shape index (κ1) is 11.8. The van der Waals surface area contributed by atoms with Crippen LogP contribution in [0.25, 0.3) is 11.2 Å². The number of nitrogens with one attached hydrogen (secondary N) is 1. The second-order valence-electron chi connectivity index (χ2n) is 4.93. The van der Waals surface area contributed by atoms with Crippen LogP contribution in [0.4, 0.5) is 0 Å². The van der Waals surface area contributed by atoms with E-state index in [1.54, 1.807) is 17.7 Å². The highest BCUT2D eigenvalue weighted by molar-refractivity contribution is 7.10. The molecule has 1 unspecified atom stereocenters. The molecule has 2 atom stereocenters. The Morgan fingerprint density at radius 1 is 1.50 bits per heavy atom. The number of fused-ring (bicyclic) bond motifs is 2. The lowest BCUT2D eigenvalue weighted by molar-refractivity contribution is 0.260. The topological polar surface area (TPSA) is 83.8 Å². The average Bonchev–Trinajstić information content (AvgIpc) is 3.12. The summed E-state index contributed by atoms with van der Waals surface area (Å²) in [6.07, 6.45) is 3.88. The molecule has 102 valence electrons. The maximum atomic E-state index is 11.7. The van der Waals surface area contributed by atoms with E-state index >= 15 is 0 Å². The van der Waals surface area contributed by atoms with E-state index in [9.17, 15) is 9.90 Å². The van der Waals surface area contributed by atoms with Crippen LogP contribution in [0.15, 0.2) is 28.9 Å². The number of nitrogens with zero attached hydrogens (tertiary/aromatic N) is 3. The summed E-state index contributed by atoms with van der Waals surface area (Å²) >= 11 is 1.67. The van der Waals surface area contributed by atoms with Gasteiger partial charge < -0.3 is 14.7 Å². The van der Waals surface area contributed by atoms with Crippen molar-refractivity contribution in [1.82, 2.24) is 19.5 Å². The monoisotopic (exact) mass is 288 g/mol. The van der Waals surface area contributed by atoms with E-state index in [1.807, 2.05) is 9.95 Å². The zero-order valence-electron chi connectivity index (χ0n) is 10.5. The molecule has 3 heterocycles. The van der Waals surface area contributed by atoms with E-state index in [2.05, 4.69) is 21.0 Å². The number of H-pyrrole nitrogens is 1. The largest absolute Gasteiger partial charge is 0.396 e. The van der Waals surface area contributed by atoms with Crippen LogP contribution in [0, 0.1) is 0 Å². The molecule has 0 radical (unpaired) electrons. The number of aromatic nitrogens is 4. The smallest absolute Gasteiger partial charge is 0.278 e. The van der Waals surface area contributed by atoms with Crippen molar-refractivity contribution in [2.75, 3.05) is 6.61 Å². The second kappa shape index (κ2) is 4.26. The summed E-state index contributed by atoms with van der Waals surface area (Å²) in [5, 5.41) is 11.6. The molecule has 0 fully saturated rings. The summed E-state index contributed by atoms with van der Waals surface area (Å²) in [4.78, 5) is 23.9. The summed E-state index contributed by atoms with van der Waals surface area (Å²) < 4.78 is 1.94. The number of hydrogen-bond acceptors (Lipinski definition) is 5. The van der Waals surface area contributed by atoms with Crippen molar-refractivity contribution < 1.29 is 5.11 Å². The minimum atomic E-state index is -0.226. The highest BCUT2D eigenvalue weighted by Gasteiger charge is 2.33. The van der Waals surface area contributed by atoms with Gasteiger partial charge >= 0.3 is 0 Å². The van der Waals surface area contributed by atoms with Gasteiger partial charge in [0.15, 0.2) is 11.2 Å². The third-order valence-electron chi connectivity index (χ3n) is 3.89. The molecule has 3 aromatic heterocycles. The van der Waals surface area contributed by atoms with Crippen molar-refractivity contribution in [3.63, 3.8) is 0 Å². The van der Waals surface area contributed by atoms with Gasteiger partial charge in [-0.2, -0.15) is 0 Å². The van der Waals surface area contributed by atoms with Gasteiger partial charge in [0.2, 0.25) is 0 Å². The second-order valence-corrected chi connectivity index (χ2v) is 5.87. The van der Waals surface area contributed by atoms with Crippen LogP contribution in [0.3, 0.4) is 0 Å². The summed E-state index contributed by atoms with van der Waals surface area (Å²) in [5.74, 6) is 0.162. The number of rotatable bonds is 2. The molecule has 2 N–H and O–H groups in total. The molecule has 1 aliphatic rings. The van der Waals surface area contributed by atoms with Gasteiger partial charge in [-0.05, 0) is 23.4 Å². The lowest BCUT2D eigenvalue weighted by Gasteiger charge is -2.13. The number of hydrogen-bond donors (Lipinski definition) is 2. The first-order chi connectivity index (χ1) is 9.79. The fourth-order valence-electron chi connectivity index (χ4n) is 2.95. The molecule has 20 heavy (non-hydrogen) atoms. The molecule has 0 aromatic carbocycles. The quantitative estimate of drug-likeness (QED) is 0.743. The van der Waals surface area contributed by atoms with Crippen LogP contribution >= 0.6 is 11.3 Å². The highest BCUT2D eigenvalue weighted by Crippen LogP contribution is 2.45. The molecular formula is C13H12N4O2S. The Morgan fingerprint density at radius 3 is 3.25 bits per heavy atom. The predicted molar refractivity (Wildman–Crippen MR) is 75.1 cm³/mol. The summed E-state index contributed by atoms with van der Waals surface area (Å²) in [6.45, 7) is 0.144. The van der Waals surface area contributed by atoms with E-state index in [0.717, 1.165) is 6.42 Å². The first-order valence-corrected chi connectivity index (χ1v) is 7.26. The van der Waals surface area contributed by atoms with E-state index in [4.69, 9.17) is 0 Å². The fourth-order valence-corrected chi connectivity index (χ4v) is 4.02. The van der Waals surface area contributed by atoms with Crippen molar-refractivity contribution in [2.24, 2.45) is 0 Å². The SMILES string of the molecule is O=c1[nH]cnc2c1ncn2C1C[C@H](CO)c2sccc21. The zero-order chi connectivity index (χ0) is 13.7. The minimum Gasteiger partial charge on any atom is -0.396 e. The van der Waals surface area contributed by atoms with E-state index in [0.29, 0.717) is 11.2 Å². The summed E-state index contributed by atoms with van der Waals surface area (Å²) in [5.41, 5.74) is 1.93. The van der Waals surface area contributed by atoms with E-state index < -0.39 is 0 Å². The van der Waals surface area contributed by atoms with Crippen molar-refractivity contribution in [3.05, 3.63) is 44.9 Å². The third-order valence-corrected chi connectivity index (χ3v) is 4.98. The Morgan fingerprint density at radius 2 is 2.40 bits per heavy atom. The zero-order valence-corrected chi connectivity index (χ0v) is 11.3. The molecular weight excluding hydrogens is 276 g/mol. The van der Waals surface area contributed by atoms with Crippen LogP contribution < -0.4 is 5.56 Å². The van der Waals surface area contributed by atoms with Crippen molar-refractivity contribution in [3.8, 4) is 0 Å². The standard InChI is InChI=1S/C13H12N4O2S/c18-4-7-3-9(8-1-2-20-11(7)8)17-6-16-10-12(17)14-5-15-13(10)19/h1-2,5-7,9,18H,3-4H2,(H,14,15,19)/t7-,9?/m1/s1. The Hall–Kier alpha value is -1.99. The molecule has 7 heteroatoms. The van der Waals surface area contributed by atoms with Crippen LogP contribution in [0.1, 0.15) is 28.8 Å². The van der Waals surface area contributed by atoms with Crippen molar-refractivity contribution in [2.45, 2.75) is 18.4 Å². The van der Waals surface area contributed by atoms with Crippen LogP contribution in [0.2, 0.25) is 0 Å². The van der Waals surface area contributed by atoms with Gasteiger partial charge in [0, 0.05) is 10.8 Å². The molecule has 3 aromatic rings. The summed E-state index contributed by atoms with van der Waals surface area (Å²) in [6, 6.07) is 2.17. The fraction of sp³-hybridized carbons (Fsp3) is 0.308. The molecule has 0 amide bonds. The van der Waals surface area contributed by atoms with Gasteiger partial charge in [-0.1, -0.05) is 0 Å². The summed E-state index contributed by atoms with van der Waals surface area (Å²) in [7, 11) is 0. The van der Waals surface area contributed by atoms with Gasteiger partial charge in [0.25, 0.3) is 5.56 Å². The number of aromatic amines is 1. The molecule has 1 aliphatic carbocycles. The Bertz CT molecular complexity index is 834. The Labute approximate surface area is 117 Å². The van der Waals surface area contributed by atoms with Crippen LogP contribution in [-0.4, -0.2) is 31.2 Å². The molecule has 0 bridgehead atoms. The first-order valence-electron chi connectivity index (χ1n) is 6.38. The van der Waals surface area contributed by atoms with Gasteiger partial charge in [-0.15, -0.1) is 11.3 Å². The predicted octanol–water partition coefficient (Wildman–Crippen LogP) is 1.25. The number of aliphatic hydroxyl groups is 1. The lowest BCUT2D eigenvalue weighted by Crippen LogP contribution is -2.11. The molecule has 0 aliphatic heterocycles. The minimum absolute atomic E-state index is 0.0905. The number of imidazole rings is 1. The third kappa shape index (κ3) is 1.50. The molecule has 6 nitrogen and oxygen atoms in total. The molecule has 4 rings (SSSR count). The van der Waals surface area contributed by atoms with E-state index in [-0.39, 0.29) is 24.1 Å². The van der Waals surface area contributed by atoms with E-state index in [1.165, 1.54) is 16.8 Å². The molecule has 0 saturated heterocycles. The van der Waals surface area contributed by atoms with Crippen molar-refractivity contribution >= 4 is 22.5 Å². The van der Waals surface area contributed by atoms with Gasteiger partial charge in [-0.3, -0.25) is 4.79 Å². The maximum Gasteiger partial charge on any atom is 0.278 e.